The molecule has 21 heavy (non-hydrogen) atoms. The third-order valence-electron chi connectivity index (χ3n) is 3.05. The summed E-state index contributed by atoms with van der Waals surface area (Å²) in [6.07, 6.45) is 0.540. The Hall–Kier alpha value is -0.420. The van der Waals surface area contributed by atoms with E-state index < -0.39 is 0 Å². The van der Waals surface area contributed by atoms with E-state index in [2.05, 4.69) is 5.32 Å². The Morgan fingerprint density at radius 2 is 2.05 bits per heavy atom. The van der Waals surface area contributed by atoms with E-state index >= 15 is 0 Å². The van der Waals surface area contributed by atoms with Gasteiger partial charge in [-0.05, 0) is 30.0 Å². The maximum Gasteiger partial charge on any atom is 0.230 e. The second-order valence-corrected chi connectivity index (χ2v) is 7.72. The number of hydrogen-bond donors (Lipinski definition) is 2. The molecule has 1 unspecified atom stereocenters. The first-order valence-electron chi connectivity index (χ1n) is 6.72. The molecule has 0 aliphatic heterocycles. The van der Waals surface area contributed by atoms with Gasteiger partial charge in [0.2, 0.25) is 5.91 Å². The molecule has 0 bridgehead atoms. The number of halogens is 2. The minimum atomic E-state index is -0.100. The molecule has 0 fully saturated rings. The number of carbonyl (C=O) groups excluding carboxylic acids is 1. The van der Waals surface area contributed by atoms with Crippen LogP contribution < -0.4 is 5.32 Å². The monoisotopic (exact) mass is 349 g/mol. The lowest BCUT2D eigenvalue weighted by molar-refractivity contribution is -0.120. The van der Waals surface area contributed by atoms with Gasteiger partial charge >= 0.3 is 0 Å². The maximum atomic E-state index is 12.1. The van der Waals surface area contributed by atoms with Crippen molar-refractivity contribution in [1.29, 1.82) is 0 Å². The van der Waals surface area contributed by atoms with Gasteiger partial charge in [-0.3, -0.25) is 4.79 Å². The molecular weight excluding hydrogens is 329 g/mol. The third kappa shape index (κ3) is 6.47. The second kappa shape index (κ2) is 8.28. The fourth-order valence-corrected chi connectivity index (χ4v) is 3.12. The van der Waals surface area contributed by atoms with Crippen LogP contribution in [0.25, 0.3) is 0 Å². The van der Waals surface area contributed by atoms with Crippen molar-refractivity contribution in [3.8, 4) is 0 Å². The Morgan fingerprint density at radius 1 is 1.38 bits per heavy atom. The van der Waals surface area contributed by atoms with Gasteiger partial charge in [0, 0.05) is 22.6 Å². The summed E-state index contributed by atoms with van der Waals surface area (Å²) >= 11 is 13.3. The zero-order valence-corrected chi connectivity index (χ0v) is 14.8. The molecule has 0 saturated carbocycles. The minimum Gasteiger partial charge on any atom is -0.396 e. The Morgan fingerprint density at radius 3 is 2.62 bits per heavy atom. The number of aliphatic hydroxyl groups is 1. The van der Waals surface area contributed by atoms with E-state index in [0.717, 1.165) is 4.90 Å². The summed E-state index contributed by atoms with van der Waals surface area (Å²) < 4.78 is 0. The van der Waals surface area contributed by atoms with Crippen LogP contribution in [0.3, 0.4) is 0 Å². The lowest BCUT2D eigenvalue weighted by Gasteiger charge is -2.31. The number of amides is 1. The largest absolute Gasteiger partial charge is 0.396 e. The summed E-state index contributed by atoms with van der Waals surface area (Å²) in [4.78, 5) is 12.8. The lowest BCUT2D eigenvalue weighted by Crippen LogP contribution is -2.45. The molecule has 1 aromatic rings. The first kappa shape index (κ1) is 18.6. The predicted octanol–water partition coefficient (Wildman–Crippen LogP) is 4.00. The highest BCUT2D eigenvalue weighted by Crippen LogP contribution is 2.30. The quantitative estimate of drug-likeness (QED) is 0.763. The van der Waals surface area contributed by atoms with Crippen molar-refractivity contribution >= 4 is 40.9 Å². The molecule has 1 amide bonds. The first-order chi connectivity index (χ1) is 9.74. The number of hydrogen-bond acceptors (Lipinski definition) is 3. The number of aliphatic hydroxyl groups excluding tert-OH is 1. The Bertz CT molecular complexity index is 489. The summed E-state index contributed by atoms with van der Waals surface area (Å²) in [6, 6.07) is 5.11. The van der Waals surface area contributed by atoms with Crippen LogP contribution >= 0.6 is 35.0 Å². The molecule has 3 nitrogen and oxygen atoms in total. The highest BCUT2D eigenvalue weighted by molar-refractivity contribution is 8.00. The van der Waals surface area contributed by atoms with Crippen molar-refractivity contribution in [1.82, 2.24) is 5.32 Å². The van der Waals surface area contributed by atoms with Crippen molar-refractivity contribution in [3.63, 3.8) is 0 Å². The zero-order chi connectivity index (χ0) is 16.0. The molecule has 2 N–H and O–H groups in total. The van der Waals surface area contributed by atoms with Crippen LogP contribution in [0.1, 0.15) is 27.2 Å². The van der Waals surface area contributed by atoms with Gasteiger partial charge in [0.05, 0.1) is 10.8 Å². The van der Waals surface area contributed by atoms with E-state index in [0.29, 0.717) is 16.5 Å². The second-order valence-electron chi connectivity index (χ2n) is 5.86. The molecule has 0 radical (unpaired) electrons. The number of rotatable bonds is 6. The molecule has 6 heteroatoms. The molecule has 118 valence electrons. The summed E-state index contributed by atoms with van der Waals surface area (Å²) in [5.74, 6) is 0.183. The summed E-state index contributed by atoms with van der Waals surface area (Å²) in [7, 11) is 0. The van der Waals surface area contributed by atoms with Gasteiger partial charge in [-0.25, -0.2) is 0 Å². The van der Waals surface area contributed by atoms with Gasteiger partial charge in [0.15, 0.2) is 0 Å². The predicted molar refractivity (Wildman–Crippen MR) is 90.3 cm³/mol. The summed E-state index contributed by atoms with van der Waals surface area (Å²) in [5.41, 5.74) is -0.100. The van der Waals surface area contributed by atoms with Crippen LogP contribution in [0.4, 0.5) is 0 Å². The molecule has 0 aliphatic rings. The molecule has 0 aliphatic carbocycles. The normalized spacial score (nSPS) is 13.0. The van der Waals surface area contributed by atoms with Gasteiger partial charge in [0.1, 0.15) is 0 Å². The number of carbonyl (C=O) groups is 1. The smallest absolute Gasteiger partial charge is 0.230 e. The summed E-state index contributed by atoms with van der Waals surface area (Å²) in [6.45, 7) is 6.16. The molecule has 0 spiro atoms. The van der Waals surface area contributed by atoms with Crippen LogP contribution in [-0.4, -0.2) is 29.4 Å². The average Bonchev–Trinajstić information content (AvgIpc) is 2.38. The lowest BCUT2D eigenvalue weighted by atomic mass is 9.85. The van der Waals surface area contributed by atoms with E-state index in [9.17, 15) is 4.79 Å². The van der Waals surface area contributed by atoms with E-state index in [1.807, 2.05) is 20.8 Å². The molecule has 0 heterocycles. The minimum absolute atomic E-state index is 0.0511. The Balaban J connectivity index is 2.59. The van der Waals surface area contributed by atoms with Crippen LogP contribution in [-0.2, 0) is 4.79 Å². The van der Waals surface area contributed by atoms with Gasteiger partial charge in [-0.1, -0.05) is 44.0 Å². The van der Waals surface area contributed by atoms with Crippen molar-refractivity contribution in [2.24, 2.45) is 5.41 Å². The van der Waals surface area contributed by atoms with E-state index in [1.54, 1.807) is 18.2 Å². The van der Waals surface area contributed by atoms with E-state index in [1.165, 1.54) is 11.8 Å². The van der Waals surface area contributed by atoms with Crippen LogP contribution in [0.5, 0.6) is 0 Å². The highest BCUT2D eigenvalue weighted by atomic mass is 35.5. The SMILES string of the molecule is CC(C)(C)C(CCO)NC(=O)CSc1cc(Cl)ccc1Cl. The van der Waals surface area contributed by atoms with Gasteiger partial charge in [0.25, 0.3) is 0 Å². The number of benzene rings is 1. The summed E-state index contributed by atoms with van der Waals surface area (Å²) in [5, 5.41) is 13.2. The van der Waals surface area contributed by atoms with E-state index in [-0.39, 0.29) is 29.7 Å². The van der Waals surface area contributed by atoms with Gasteiger partial charge < -0.3 is 10.4 Å². The van der Waals surface area contributed by atoms with Crippen molar-refractivity contribution in [3.05, 3.63) is 28.2 Å². The van der Waals surface area contributed by atoms with Crippen molar-refractivity contribution in [2.75, 3.05) is 12.4 Å². The molecular formula is C15H21Cl2NO2S. The van der Waals surface area contributed by atoms with Crippen molar-refractivity contribution < 1.29 is 9.90 Å². The molecule has 0 aromatic heterocycles. The topological polar surface area (TPSA) is 49.3 Å². The van der Waals surface area contributed by atoms with E-state index in [4.69, 9.17) is 28.3 Å². The molecule has 0 saturated heterocycles. The molecule has 1 atom stereocenters. The fourth-order valence-electron chi connectivity index (χ4n) is 1.82. The number of thioether (sulfide) groups is 1. The van der Waals surface area contributed by atoms with Crippen molar-refractivity contribution in [2.45, 2.75) is 38.1 Å². The first-order valence-corrected chi connectivity index (χ1v) is 8.46. The Kier molecular flexibility index (Phi) is 7.34. The standard InChI is InChI=1S/C15H21Cl2NO2S/c1-15(2,3)13(6-7-19)18-14(20)9-21-12-8-10(16)4-5-11(12)17/h4-5,8,13,19H,6-7,9H2,1-3H3,(H,18,20). The molecule has 1 rings (SSSR count). The van der Waals surface area contributed by atoms with Crippen LogP contribution in [0, 0.1) is 5.41 Å². The van der Waals surface area contributed by atoms with Gasteiger partial charge in [-0.2, -0.15) is 0 Å². The number of nitrogens with one attached hydrogen (secondary N) is 1. The highest BCUT2D eigenvalue weighted by Gasteiger charge is 2.25. The van der Waals surface area contributed by atoms with Crippen LogP contribution in [0.15, 0.2) is 23.1 Å². The fraction of sp³-hybridized carbons (Fsp3) is 0.533. The third-order valence-corrected chi connectivity index (χ3v) is 4.78. The zero-order valence-electron chi connectivity index (χ0n) is 12.5. The molecule has 1 aromatic carbocycles. The maximum absolute atomic E-state index is 12.1. The average molecular weight is 350 g/mol. The van der Waals surface area contributed by atoms with Gasteiger partial charge in [-0.15, -0.1) is 11.8 Å². The van der Waals surface area contributed by atoms with Crippen LogP contribution in [0.2, 0.25) is 10.0 Å². The Labute approximate surface area is 140 Å².